The summed E-state index contributed by atoms with van der Waals surface area (Å²) in [5.74, 6) is 0.854. The minimum Gasteiger partial charge on any atom is -0.495 e. The lowest BCUT2D eigenvalue weighted by atomic mass is 10.1. The van der Waals surface area contributed by atoms with Crippen molar-refractivity contribution in [3.05, 3.63) is 65.4 Å². The maximum atomic E-state index is 13.4. The second kappa shape index (κ2) is 8.16. The smallest absolute Gasteiger partial charge is 0.247 e. The molecular weight excluding hydrogens is 376 g/mol. The summed E-state index contributed by atoms with van der Waals surface area (Å²) < 4.78 is 39.0. The fraction of sp³-hybridized carbons (Fsp3) is 0.286. The number of aryl methyl sites for hydroxylation is 1. The minimum atomic E-state index is -3.78. The zero-order chi connectivity index (χ0) is 20.3. The Morgan fingerprint density at radius 3 is 2.39 bits per heavy atom. The van der Waals surface area contributed by atoms with E-state index >= 15 is 0 Å². The van der Waals surface area contributed by atoms with Crippen LogP contribution in [0.25, 0.3) is 11.3 Å². The molecule has 0 bridgehead atoms. The molecule has 0 saturated carbocycles. The fourth-order valence-corrected chi connectivity index (χ4v) is 4.62. The molecule has 0 atom stereocenters. The van der Waals surface area contributed by atoms with E-state index in [1.807, 2.05) is 51.1 Å². The van der Waals surface area contributed by atoms with E-state index in [-0.39, 0.29) is 11.4 Å². The molecule has 0 radical (unpaired) electrons. The number of ether oxygens (including phenoxy) is 1. The largest absolute Gasteiger partial charge is 0.495 e. The molecule has 0 aliphatic rings. The van der Waals surface area contributed by atoms with Crippen LogP contribution >= 0.6 is 0 Å². The first kappa shape index (κ1) is 20.1. The van der Waals surface area contributed by atoms with Crippen LogP contribution in [-0.2, 0) is 16.6 Å². The summed E-state index contributed by atoms with van der Waals surface area (Å²) in [7, 11) is -2.32. The van der Waals surface area contributed by atoms with Crippen LogP contribution in [0.5, 0.6) is 5.75 Å². The molecule has 0 saturated heterocycles. The standard InChI is InChI=1S/C21H24N2O4S/c1-5-23(14-17-9-7-6-8-10-17)28(24,25)20-13-18(11-12-19(20)26-4)21-15(2)16(3)22-27-21/h6-13H,5,14H2,1-4H3. The van der Waals surface area contributed by atoms with Crippen LogP contribution in [0.1, 0.15) is 23.7 Å². The molecular formula is C21H24N2O4S. The lowest BCUT2D eigenvalue weighted by Crippen LogP contribution is -2.30. The van der Waals surface area contributed by atoms with Gasteiger partial charge in [0, 0.05) is 24.2 Å². The van der Waals surface area contributed by atoms with Gasteiger partial charge in [-0.15, -0.1) is 0 Å². The Hall–Kier alpha value is -2.64. The van der Waals surface area contributed by atoms with Gasteiger partial charge in [-0.2, -0.15) is 4.31 Å². The number of sulfonamides is 1. The van der Waals surface area contributed by atoms with Crippen molar-refractivity contribution in [1.29, 1.82) is 0 Å². The van der Waals surface area contributed by atoms with Gasteiger partial charge in [0.1, 0.15) is 10.6 Å². The summed E-state index contributed by atoms with van der Waals surface area (Å²) in [6.07, 6.45) is 0. The Bertz CT molecular complexity index is 1060. The van der Waals surface area contributed by atoms with E-state index in [2.05, 4.69) is 5.16 Å². The molecule has 7 heteroatoms. The second-order valence-corrected chi connectivity index (χ2v) is 8.41. The van der Waals surface area contributed by atoms with Crippen LogP contribution in [0.3, 0.4) is 0 Å². The van der Waals surface area contributed by atoms with Gasteiger partial charge >= 0.3 is 0 Å². The molecule has 148 valence electrons. The van der Waals surface area contributed by atoms with Gasteiger partial charge in [-0.05, 0) is 37.6 Å². The van der Waals surface area contributed by atoms with E-state index in [9.17, 15) is 8.42 Å². The van der Waals surface area contributed by atoms with Gasteiger partial charge in [-0.3, -0.25) is 0 Å². The number of hydrogen-bond donors (Lipinski definition) is 0. The lowest BCUT2D eigenvalue weighted by Gasteiger charge is -2.22. The first-order valence-corrected chi connectivity index (χ1v) is 10.5. The van der Waals surface area contributed by atoms with Crippen LogP contribution in [0, 0.1) is 13.8 Å². The highest BCUT2D eigenvalue weighted by Gasteiger charge is 2.28. The Balaban J connectivity index is 2.06. The minimum absolute atomic E-state index is 0.110. The number of aromatic nitrogens is 1. The monoisotopic (exact) mass is 400 g/mol. The van der Waals surface area contributed by atoms with E-state index < -0.39 is 10.0 Å². The summed E-state index contributed by atoms with van der Waals surface area (Å²) in [6.45, 7) is 6.19. The predicted molar refractivity (Wildman–Crippen MR) is 108 cm³/mol. The summed E-state index contributed by atoms with van der Waals surface area (Å²) in [5.41, 5.74) is 3.22. The average Bonchev–Trinajstić information content (AvgIpc) is 3.04. The summed E-state index contributed by atoms with van der Waals surface area (Å²) in [6, 6.07) is 14.5. The van der Waals surface area contributed by atoms with Gasteiger partial charge in [-0.1, -0.05) is 42.4 Å². The third-order valence-electron chi connectivity index (χ3n) is 4.76. The Kier molecular flexibility index (Phi) is 5.86. The van der Waals surface area contributed by atoms with Crippen LogP contribution in [-0.4, -0.2) is 31.5 Å². The number of hydrogen-bond acceptors (Lipinski definition) is 5. The zero-order valence-electron chi connectivity index (χ0n) is 16.5. The third-order valence-corrected chi connectivity index (χ3v) is 6.70. The highest BCUT2D eigenvalue weighted by Crippen LogP contribution is 2.34. The van der Waals surface area contributed by atoms with Gasteiger partial charge in [0.25, 0.3) is 0 Å². The fourth-order valence-electron chi connectivity index (χ4n) is 3.00. The average molecular weight is 401 g/mol. The molecule has 6 nitrogen and oxygen atoms in total. The van der Waals surface area contributed by atoms with Gasteiger partial charge in [0.05, 0.1) is 12.8 Å². The van der Waals surface area contributed by atoms with Gasteiger partial charge in [-0.25, -0.2) is 8.42 Å². The Labute approximate surface area is 165 Å². The molecule has 0 spiro atoms. The number of rotatable bonds is 7. The van der Waals surface area contributed by atoms with Crippen LogP contribution in [0.4, 0.5) is 0 Å². The molecule has 3 aromatic rings. The summed E-state index contributed by atoms with van der Waals surface area (Å²) >= 11 is 0. The lowest BCUT2D eigenvalue weighted by molar-refractivity contribution is 0.391. The molecule has 2 aromatic carbocycles. The first-order chi connectivity index (χ1) is 13.4. The summed E-state index contributed by atoms with van der Waals surface area (Å²) in [5, 5.41) is 3.97. The third kappa shape index (κ3) is 3.81. The Morgan fingerprint density at radius 2 is 1.82 bits per heavy atom. The molecule has 0 fully saturated rings. The topological polar surface area (TPSA) is 72.6 Å². The molecule has 0 aliphatic heterocycles. The van der Waals surface area contributed by atoms with Gasteiger partial charge < -0.3 is 9.26 Å². The second-order valence-electron chi connectivity index (χ2n) is 6.50. The molecule has 28 heavy (non-hydrogen) atoms. The van der Waals surface area contributed by atoms with E-state index in [1.165, 1.54) is 11.4 Å². The normalized spacial score (nSPS) is 11.8. The molecule has 0 unspecified atom stereocenters. The van der Waals surface area contributed by atoms with Gasteiger partial charge in [0.2, 0.25) is 10.0 Å². The molecule has 0 aliphatic carbocycles. The van der Waals surface area contributed by atoms with Gasteiger partial charge in [0.15, 0.2) is 5.76 Å². The molecule has 0 amide bonds. The van der Waals surface area contributed by atoms with Crippen molar-refractivity contribution < 1.29 is 17.7 Å². The highest BCUT2D eigenvalue weighted by atomic mass is 32.2. The maximum Gasteiger partial charge on any atom is 0.247 e. The van der Waals surface area contributed by atoms with Crippen molar-refractivity contribution in [2.24, 2.45) is 0 Å². The van der Waals surface area contributed by atoms with E-state index in [4.69, 9.17) is 9.26 Å². The van der Waals surface area contributed by atoms with E-state index in [1.54, 1.807) is 18.2 Å². The first-order valence-electron chi connectivity index (χ1n) is 9.03. The van der Waals surface area contributed by atoms with E-state index in [0.29, 0.717) is 23.6 Å². The Morgan fingerprint density at radius 1 is 1.11 bits per heavy atom. The highest BCUT2D eigenvalue weighted by molar-refractivity contribution is 7.89. The molecule has 1 heterocycles. The van der Waals surface area contributed by atoms with E-state index in [0.717, 1.165) is 16.8 Å². The van der Waals surface area contributed by atoms with Crippen molar-refractivity contribution in [3.8, 4) is 17.1 Å². The van der Waals surface area contributed by atoms with Crippen molar-refractivity contribution in [1.82, 2.24) is 9.46 Å². The molecule has 1 aromatic heterocycles. The van der Waals surface area contributed by atoms with Crippen molar-refractivity contribution in [2.75, 3.05) is 13.7 Å². The number of methoxy groups -OCH3 is 1. The predicted octanol–water partition coefficient (Wildman–Crippen LogP) is 4.18. The van der Waals surface area contributed by atoms with Crippen LogP contribution in [0.15, 0.2) is 57.9 Å². The van der Waals surface area contributed by atoms with Crippen molar-refractivity contribution in [2.45, 2.75) is 32.2 Å². The number of benzene rings is 2. The molecule has 0 N–H and O–H groups in total. The van der Waals surface area contributed by atoms with Crippen LogP contribution in [0.2, 0.25) is 0 Å². The van der Waals surface area contributed by atoms with Crippen molar-refractivity contribution >= 4 is 10.0 Å². The molecule has 3 rings (SSSR count). The SMILES string of the molecule is CCN(Cc1ccccc1)S(=O)(=O)c1cc(-c2onc(C)c2C)ccc1OC. The number of nitrogens with zero attached hydrogens (tertiary/aromatic N) is 2. The van der Waals surface area contributed by atoms with Crippen molar-refractivity contribution in [3.63, 3.8) is 0 Å². The zero-order valence-corrected chi connectivity index (χ0v) is 17.3. The maximum absolute atomic E-state index is 13.4. The quantitative estimate of drug-likeness (QED) is 0.595. The summed E-state index contributed by atoms with van der Waals surface area (Å²) in [4.78, 5) is 0.110. The van der Waals surface area contributed by atoms with Crippen LogP contribution < -0.4 is 4.74 Å².